The molecule has 1 N–H and O–H groups in total. The number of ketones is 1. The molecule has 10 heteroatoms. The first-order valence-corrected chi connectivity index (χ1v) is 9.70. The summed E-state index contributed by atoms with van der Waals surface area (Å²) in [6, 6.07) is 10.0. The van der Waals surface area contributed by atoms with Crippen molar-refractivity contribution in [3.8, 4) is 5.75 Å². The topological polar surface area (TPSA) is 108 Å². The van der Waals surface area contributed by atoms with E-state index in [1.54, 1.807) is 29.6 Å². The van der Waals surface area contributed by atoms with E-state index in [1.165, 1.54) is 23.1 Å². The van der Waals surface area contributed by atoms with Crippen molar-refractivity contribution in [2.24, 2.45) is 0 Å². The van der Waals surface area contributed by atoms with E-state index in [1.807, 2.05) is 19.1 Å². The van der Waals surface area contributed by atoms with Crippen LogP contribution >= 0.6 is 11.3 Å². The molecule has 1 unspecified atom stereocenters. The monoisotopic (exact) mass is 411 g/mol. The zero-order chi connectivity index (χ0) is 20.4. The van der Waals surface area contributed by atoms with Gasteiger partial charge in [0.15, 0.2) is 0 Å². The number of ether oxygens (including phenoxy) is 2. The Kier molecular flexibility index (Phi) is 5.09. The van der Waals surface area contributed by atoms with Gasteiger partial charge in [-0.1, -0.05) is 23.3 Å². The second-order valence-corrected chi connectivity index (χ2v) is 7.01. The van der Waals surface area contributed by atoms with Crippen molar-refractivity contribution in [2.45, 2.75) is 13.0 Å². The Morgan fingerprint density at radius 2 is 2.03 bits per heavy atom. The maximum Gasteiger partial charge on any atom is 0.355 e. The van der Waals surface area contributed by atoms with Gasteiger partial charge in [-0.25, -0.2) is 4.79 Å². The molecule has 1 atom stereocenters. The van der Waals surface area contributed by atoms with Crippen molar-refractivity contribution in [3.05, 3.63) is 63.5 Å². The first-order valence-electron chi connectivity index (χ1n) is 8.82. The minimum Gasteiger partial charge on any atom is -0.494 e. The number of Topliss-reactive ketones (excluding diaryl/α,β-unsaturated/α-hetero) is 1. The molecule has 0 amide bonds. The van der Waals surface area contributed by atoms with E-state index in [9.17, 15) is 9.59 Å². The van der Waals surface area contributed by atoms with Gasteiger partial charge in [-0.3, -0.25) is 4.79 Å². The number of fused-ring (bicyclic) bond motifs is 1. The molecule has 1 aromatic carbocycles. The summed E-state index contributed by atoms with van der Waals surface area (Å²) in [7, 11) is 1.26. The van der Waals surface area contributed by atoms with Crippen LogP contribution in [0.2, 0.25) is 0 Å². The summed E-state index contributed by atoms with van der Waals surface area (Å²) in [5.41, 5.74) is 0.958. The fraction of sp³-hybridized carbons (Fsp3) is 0.211. The van der Waals surface area contributed by atoms with Crippen LogP contribution in [0.5, 0.6) is 5.75 Å². The van der Waals surface area contributed by atoms with Crippen LogP contribution in [0.1, 0.15) is 28.2 Å². The van der Waals surface area contributed by atoms with Gasteiger partial charge in [0.25, 0.3) is 0 Å². The molecule has 148 valence electrons. The Balaban J connectivity index is 1.89. The standard InChI is InChI=1S/C19H17N5O4S/c1-3-28-12-8-6-11(7-9-12)16-14(17(25)13-5-4-10-29-13)15(18(26)27-2)20-19-21-22-23-24(16)19/h4-10,16H,3H2,1-2H3,(H,20,21,23). The number of hydrogen-bond acceptors (Lipinski definition) is 9. The lowest BCUT2D eigenvalue weighted by atomic mass is 9.91. The molecule has 0 saturated heterocycles. The Labute approximate surface area is 169 Å². The lowest BCUT2D eigenvalue weighted by Crippen LogP contribution is -2.32. The summed E-state index contributed by atoms with van der Waals surface area (Å²) < 4.78 is 11.9. The lowest BCUT2D eigenvalue weighted by Gasteiger charge is -2.27. The summed E-state index contributed by atoms with van der Waals surface area (Å²) in [5, 5.41) is 16.3. The minimum atomic E-state index is -0.708. The Bertz CT molecular complexity index is 1070. The molecule has 29 heavy (non-hydrogen) atoms. The zero-order valence-electron chi connectivity index (χ0n) is 15.7. The SMILES string of the molecule is CCOc1ccc(C2C(C(=O)c3cccs3)=C(C(=O)OC)Nc3nnnn32)cc1. The van der Waals surface area contributed by atoms with Gasteiger partial charge in [-0.05, 0) is 46.5 Å². The Morgan fingerprint density at radius 1 is 1.24 bits per heavy atom. The summed E-state index contributed by atoms with van der Waals surface area (Å²) in [6.45, 7) is 2.44. The molecule has 2 aromatic heterocycles. The molecule has 9 nitrogen and oxygen atoms in total. The molecular weight excluding hydrogens is 394 g/mol. The van der Waals surface area contributed by atoms with Gasteiger partial charge in [0.1, 0.15) is 17.5 Å². The number of carbonyl (C=O) groups is 2. The van der Waals surface area contributed by atoms with E-state index in [2.05, 4.69) is 20.8 Å². The molecule has 0 radical (unpaired) electrons. The number of allylic oxidation sites excluding steroid dienone is 1. The Hall–Kier alpha value is -3.53. The molecule has 1 aliphatic rings. The number of benzene rings is 1. The van der Waals surface area contributed by atoms with Crippen LogP contribution in [0.4, 0.5) is 5.95 Å². The molecular formula is C19H17N5O4S. The Morgan fingerprint density at radius 3 is 2.69 bits per heavy atom. The van der Waals surface area contributed by atoms with Gasteiger partial charge < -0.3 is 14.8 Å². The van der Waals surface area contributed by atoms with Crippen LogP contribution < -0.4 is 10.1 Å². The van der Waals surface area contributed by atoms with Gasteiger partial charge in [-0.15, -0.1) is 11.3 Å². The van der Waals surface area contributed by atoms with E-state index >= 15 is 0 Å². The van der Waals surface area contributed by atoms with Crippen LogP contribution in [0.25, 0.3) is 0 Å². The van der Waals surface area contributed by atoms with Crippen molar-refractivity contribution in [1.29, 1.82) is 0 Å². The smallest absolute Gasteiger partial charge is 0.355 e. The number of anilines is 1. The third kappa shape index (κ3) is 3.38. The second kappa shape index (κ2) is 7.84. The van der Waals surface area contributed by atoms with Crippen LogP contribution in [0.15, 0.2) is 53.0 Å². The molecule has 0 bridgehead atoms. The molecule has 3 heterocycles. The number of aromatic nitrogens is 4. The highest BCUT2D eigenvalue weighted by Gasteiger charge is 2.38. The van der Waals surface area contributed by atoms with Gasteiger partial charge in [0.05, 0.1) is 24.2 Å². The third-order valence-corrected chi connectivity index (χ3v) is 5.27. The van der Waals surface area contributed by atoms with Crippen LogP contribution in [-0.2, 0) is 9.53 Å². The number of methoxy groups -OCH3 is 1. The van der Waals surface area contributed by atoms with Crippen molar-refractivity contribution in [3.63, 3.8) is 0 Å². The summed E-state index contributed by atoms with van der Waals surface area (Å²) in [4.78, 5) is 26.4. The second-order valence-electron chi connectivity index (χ2n) is 6.06. The largest absolute Gasteiger partial charge is 0.494 e. The summed E-state index contributed by atoms with van der Waals surface area (Å²) in [6.07, 6.45) is 0. The van der Waals surface area contributed by atoms with Crippen LogP contribution in [0.3, 0.4) is 0 Å². The van der Waals surface area contributed by atoms with E-state index < -0.39 is 12.0 Å². The fourth-order valence-electron chi connectivity index (χ4n) is 3.15. The van der Waals surface area contributed by atoms with E-state index in [4.69, 9.17) is 9.47 Å². The van der Waals surface area contributed by atoms with Gasteiger partial charge in [0, 0.05) is 0 Å². The highest BCUT2D eigenvalue weighted by molar-refractivity contribution is 7.12. The number of tetrazole rings is 1. The normalized spacial score (nSPS) is 15.4. The minimum absolute atomic E-state index is 0.0204. The highest BCUT2D eigenvalue weighted by Crippen LogP contribution is 2.37. The maximum atomic E-state index is 13.4. The number of rotatable bonds is 6. The predicted molar refractivity (Wildman–Crippen MR) is 105 cm³/mol. The number of carbonyl (C=O) groups excluding carboxylic acids is 2. The lowest BCUT2D eigenvalue weighted by molar-refractivity contribution is -0.136. The number of nitrogens with zero attached hydrogens (tertiary/aromatic N) is 4. The molecule has 3 aromatic rings. The average Bonchev–Trinajstić information content (AvgIpc) is 3.44. The first kappa shape index (κ1) is 18.8. The average molecular weight is 411 g/mol. The number of hydrogen-bond donors (Lipinski definition) is 1. The van der Waals surface area contributed by atoms with Crippen LogP contribution in [0, 0.1) is 0 Å². The van der Waals surface area contributed by atoms with E-state index in [0.29, 0.717) is 17.2 Å². The predicted octanol–water partition coefficient (Wildman–Crippen LogP) is 2.46. The van der Waals surface area contributed by atoms with Crippen molar-refractivity contribution in [2.75, 3.05) is 19.0 Å². The van der Waals surface area contributed by atoms with Gasteiger partial charge in [-0.2, -0.15) is 4.68 Å². The fourth-order valence-corrected chi connectivity index (χ4v) is 3.83. The molecule has 1 aliphatic heterocycles. The molecule has 0 aliphatic carbocycles. The van der Waals surface area contributed by atoms with E-state index in [0.717, 1.165) is 5.56 Å². The third-order valence-electron chi connectivity index (χ3n) is 4.40. The van der Waals surface area contributed by atoms with Gasteiger partial charge >= 0.3 is 5.97 Å². The highest BCUT2D eigenvalue weighted by atomic mass is 32.1. The molecule has 4 rings (SSSR count). The number of esters is 1. The van der Waals surface area contributed by atoms with Crippen molar-refractivity contribution in [1.82, 2.24) is 20.2 Å². The summed E-state index contributed by atoms with van der Waals surface area (Å²) >= 11 is 1.29. The maximum absolute atomic E-state index is 13.4. The summed E-state index contributed by atoms with van der Waals surface area (Å²) in [5.74, 6) is -0.0273. The first-order chi connectivity index (χ1) is 14.1. The van der Waals surface area contributed by atoms with Crippen molar-refractivity contribution < 1.29 is 19.1 Å². The molecule has 0 spiro atoms. The zero-order valence-corrected chi connectivity index (χ0v) is 16.5. The van der Waals surface area contributed by atoms with Gasteiger partial charge in [0.2, 0.25) is 11.7 Å². The van der Waals surface area contributed by atoms with Crippen LogP contribution in [-0.4, -0.2) is 45.7 Å². The quantitative estimate of drug-likeness (QED) is 0.487. The molecule has 0 saturated carbocycles. The number of thiophene rings is 1. The number of nitrogens with one attached hydrogen (secondary N) is 1. The molecule has 0 fully saturated rings. The van der Waals surface area contributed by atoms with Crippen molar-refractivity contribution >= 4 is 29.0 Å². The van der Waals surface area contributed by atoms with E-state index in [-0.39, 0.29) is 23.0 Å².